The zero-order valence-corrected chi connectivity index (χ0v) is 15.8. The van der Waals surface area contributed by atoms with Crippen molar-refractivity contribution in [2.45, 2.75) is 45.3 Å². The number of esters is 1. The summed E-state index contributed by atoms with van der Waals surface area (Å²) < 4.78 is 35.8. The first-order valence-corrected chi connectivity index (χ1v) is 8.30. The molecule has 0 saturated heterocycles. The molecule has 1 aromatic carbocycles. The van der Waals surface area contributed by atoms with Gasteiger partial charge in [-0.05, 0) is 38.5 Å². The van der Waals surface area contributed by atoms with Crippen LogP contribution in [0, 0.1) is 0 Å². The Morgan fingerprint density at radius 2 is 1.96 bits per heavy atom. The van der Waals surface area contributed by atoms with Gasteiger partial charge in [-0.25, -0.2) is 13.6 Å². The molecule has 8 heteroatoms. The Morgan fingerprint density at radius 1 is 1.31 bits per heavy atom. The largest absolute Gasteiger partial charge is 0.481 e. The van der Waals surface area contributed by atoms with Gasteiger partial charge in [0.1, 0.15) is 5.75 Å². The van der Waals surface area contributed by atoms with Gasteiger partial charge in [-0.15, -0.1) is 0 Å². The molecule has 1 rings (SSSR count). The van der Waals surface area contributed by atoms with Gasteiger partial charge in [-0.1, -0.05) is 24.6 Å². The van der Waals surface area contributed by atoms with E-state index in [-0.39, 0.29) is 16.3 Å². The minimum absolute atomic E-state index is 0.0812. The third kappa shape index (κ3) is 7.00. The minimum Gasteiger partial charge on any atom is -0.481 e. The molecule has 1 amide bonds. The summed E-state index contributed by atoms with van der Waals surface area (Å²) in [4.78, 5) is 23.6. The van der Waals surface area contributed by atoms with Crippen molar-refractivity contribution in [1.82, 2.24) is 5.32 Å². The number of hydrogen-bond acceptors (Lipinski definition) is 4. The first kappa shape index (κ1) is 21.9. The molecule has 1 unspecified atom stereocenters. The predicted octanol–water partition coefficient (Wildman–Crippen LogP) is 4.06. The van der Waals surface area contributed by atoms with Crippen LogP contribution in [0.15, 0.2) is 30.4 Å². The van der Waals surface area contributed by atoms with Gasteiger partial charge in [0.15, 0.2) is 6.10 Å². The number of carbonyl (C=O) groups excluding carboxylic acids is 2. The molecule has 0 aliphatic carbocycles. The average Bonchev–Trinajstić information content (AvgIpc) is 2.56. The maximum absolute atomic E-state index is 12.9. The van der Waals surface area contributed by atoms with E-state index in [4.69, 9.17) is 16.3 Å². The first-order chi connectivity index (χ1) is 12.1. The molecule has 1 aromatic rings. The fourth-order valence-corrected chi connectivity index (χ4v) is 2.28. The number of carbonyl (C=O) groups is 2. The fourth-order valence-electron chi connectivity index (χ4n) is 2.05. The summed E-state index contributed by atoms with van der Waals surface area (Å²) in [6.07, 6.45) is -0.623. The highest BCUT2D eigenvalue weighted by Gasteiger charge is 2.25. The van der Waals surface area contributed by atoms with Crippen molar-refractivity contribution in [3.63, 3.8) is 0 Å². The van der Waals surface area contributed by atoms with Crippen LogP contribution in [0.25, 0.3) is 0 Å². The van der Waals surface area contributed by atoms with Crippen molar-refractivity contribution in [3.05, 3.63) is 40.9 Å². The van der Waals surface area contributed by atoms with Crippen molar-refractivity contribution in [1.29, 1.82) is 0 Å². The molecule has 0 spiro atoms. The topological polar surface area (TPSA) is 64.6 Å². The van der Waals surface area contributed by atoms with Gasteiger partial charge in [0.2, 0.25) is 0 Å². The molecule has 0 bridgehead atoms. The van der Waals surface area contributed by atoms with E-state index in [2.05, 4.69) is 10.1 Å². The molecule has 1 N–H and O–H groups in total. The molecule has 26 heavy (non-hydrogen) atoms. The fraction of sp³-hybridized carbons (Fsp3) is 0.444. The van der Waals surface area contributed by atoms with E-state index in [9.17, 15) is 18.4 Å². The van der Waals surface area contributed by atoms with Crippen LogP contribution in [0.4, 0.5) is 8.78 Å². The summed E-state index contributed by atoms with van der Waals surface area (Å²) in [6, 6.07) is 3.65. The normalized spacial score (nSPS) is 12.9. The lowest BCUT2D eigenvalue weighted by atomic mass is 10.0. The highest BCUT2D eigenvalue weighted by atomic mass is 35.5. The highest BCUT2D eigenvalue weighted by Crippen LogP contribution is 2.28. The Kier molecular flexibility index (Phi) is 8.02. The molecule has 5 nitrogen and oxygen atoms in total. The number of rotatable bonds is 8. The molecule has 0 radical (unpaired) electrons. The number of halogens is 3. The number of methoxy groups -OCH3 is 1. The third-order valence-corrected chi connectivity index (χ3v) is 3.59. The van der Waals surface area contributed by atoms with Crippen LogP contribution in [0.2, 0.25) is 5.02 Å². The van der Waals surface area contributed by atoms with E-state index in [0.717, 1.165) is 12.1 Å². The number of hydrogen-bond donors (Lipinski definition) is 1. The average molecular weight is 390 g/mol. The second kappa shape index (κ2) is 9.52. The van der Waals surface area contributed by atoms with Crippen molar-refractivity contribution in [3.8, 4) is 5.75 Å². The molecule has 144 valence electrons. The molecule has 0 saturated carbocycles. The highest BCUT2D eigenvalue weighted by molar-refractivity contribution is 6.30. The van der Waals surface area contributed by atoms with Crippen LogP contribution in [-0.2, 0) is 14.3 Å². The molecule has 0 aromatic heterocycles. The lowest BCUT2D eigenvalue weighted by Gasteiger charge is -2.26. The minimum atomic E-state index is -2.70. The number of benzene rings is 1. The monoisotopic (exact) mass is 389 g/mol. The van der Waals surface area contributed by atoms with Crippen molar-refractivity contribution in [2.75, 3.05) is 7.11 Å². The quantitative estimate of drug-likeness (QED) is 0.538. The van der Waals surface area contributed by atoms with E-state index < -0.39 is 29.9 Å². The summed E-state index contributed by atoms with van der Waals surface area (Å²) in [5, 5.41) is 2.81. The van der Waals surface area contributed by atoms with E-state index in [1.165, 1.54) is 25.3 Å². The van der Waals surface area contributed by atoms with Crippen LogP contribution in [-0.4, -0.2) is 30.6 Å². The van der Waals surface area contributed by atoms with Crippen molar-refractivity contribution >= 4 is 23.5 Å². The smallest absolute Gasteiger partial charge is 0.330 e. The lowest BCUT2D eigenvalue weighted by Crippen LogP contribution is -2.48. The van der Waals surface area contributed by atoms with Crippen LogP contribution in [0.1, 0.15) is 39.2 Å². The Morgan fingerprint density at radius 3 is 2.50 bits per heavy atom. The van der Waals surface area contributed by atoms with Crippen LogP contribution in [0.5, 0.6) is 5.75 Å². The standard InChI is InChI=1S/C18H22ClF2NO4/c1-5-14(17(24)22-18(2,3)7-6-15(23)25-4)26-13-9-11(16(20)21)8-12(19)10-13/h6-10,14,16H,5H2,1-4H3,(H,22,24)/b7-6+. The SMILES string of the molecule is CCC(Oc1cc(Cl)cc(C(F)F)c1)C(=O)NC(C)(C)/C=C/C(=O)OC. The lowest BCUT2D eigenvalue weighted by molar-refractivity contribution is -0.135. The van der Waals surface area contributed by atoms with Crippen LogP contribution < -0.4 is 10.1 Å². The van der Waals surface area contributed by atoms with Gasteiger partial charge in [-0.3, -0.25) is 4.79 Å². The molecule has 0 heterocycles. The first-order valence-electron chi connectivity index (χ1n) is 7.92. The van der Waals surface area contributed by atoms with Crippen molar-refractivity contribution < 1.29 is 27.8 Å². The number of alkyl halides is 2. The summed E-state index contributed by atoms with van der Waals surface area (Å²) in [7, 11) is 1.25. The summed E-state index contributed by atoms with van der Waals surface area (Å²) >= 11 is 5.82. The molecule has 0 aliphatic rings. The molecule has 0 aliphatic heterocycles. The number of ether oxygens (including phenoxy) is 2. The zero-order valence-electron chi connectivity index (χ0n) is 15.0. The van der Waals surface area contributed by atoms with Crippen LogP contribution >= 0.6 is 11.6 Å². The Labute approximate surface area is 156 Å². The maximum Gasteiger partial charge on any atom is 0.330 e. The second-order valence-corrected chi connectivity index (χ2v) is 6.54. The number of amides is 1. The van der Waals surface area contributed by atoms with Gasteiger partial charge in [0, 0.05) is 16.7 Å². The van der Waals surface area contributed by atoms with Gasteiger partial charge in [0.25, 0.3) is 12.3 Å². The maximum atomic E-state index is 12.9. The summed E-state index contributed by atoms with van der Waals surface area (Å²) in [5.74, 6) is -0.919. The molecular weight excluding hydrogens is 368 g/mol. The third-order valence-electron chi connectivity index (χ3n) is 3.37. The second-order valence-electron chi connectivity index (χ2n) is 6.10. The van der Waals surface area contributed by atoms with Crippen LogP contribution in [0.3, 0.4) is 0 Å². The number of nitrogens with one attached hydrogen (secondary N) is 1. The van der Waals surface area contributed by atoms with E-state index >= 15 is 0 Å². The van der Waals surface area contributed by atoms with Crippen molar-refractivity contribution in [2.24, 2.45) is 0 Å². The van der Waals surface area contributed by atoms with Gasteiger partial charge in [0.05, 0.1) is 12.6 Å². The zero-order chi connectivity index (χ0) is 19.9. The molecular formula is C18H22ClF2NO4. The Bertz CT molecular complexity index is 677. The van der Waals surface area contributed by atoms with E-state index in [1.807, 2.05) is 0 Å². The summed E-state index contributed by atoms with van der Waals surface area (Å²) in [5.41, 5.74) is -1.13. The van der Waals surface area contributed by atoms with Gasteiger partial charge < -0.3 is 14.8 Å². The van der Waals surface area contributed by atoms with Gasteiger partial charge >= 0.3 is 5.97 Å². The van der Waals surface area contributed by atoms with Gasteiger partial charge in [-0.2, -0.15) is 0 Å². The predicted molar refractivity (Wildman–Crippen MR) is 94.5 cm³/mol. The molecule has 0 fully saturated rings. The molecule has 1 atom stereocenters. The van der Waals surface area contributed by atoms with E-state index in [0.29, 0.717) is 6.42 Å². The van der Waals surface area contributed by atoms with E-state index in [1.54, 1.807) is 20.8 Å². The Hall–Kier alpha value is -2.15. The summed E-state index contributed by atoms with van der Waals surface area (Å²) in [6.45, 7) is 5.09. The Balaban J connectivity index is 2.87.